The second kappa shape index (κ2) is 7.25. The Labute approximate surface area is 155 Å². The fourth-order valence-electron chi connectivity index (χ4n) is 2.45. The van der Waals surface area contributed by atoms with Crippen LogP contribution in [0.4, 0.5) is 8.78 Å². The number of carboxylic acids is 2. The van der Waals surface area contributed by atoms with E-state index in [1.54, 1.807) is 0 Å². The van der Waals surface area contributed by atoms with E-state index in [4.69, 9.17) is 0 Å². The summed E-state index contributed by atoms with van der Waals surface area (Å²) in [5.41, 5.74) is -9.72. The second-order valence-corrected chi connectivity index (χ2v) is 5.70. The van der Waals surface area contributed by atoms with Crippen LogP contribution in [-0.2, 0) is 9.59 Å². The van der Waals surface area contributed by atoms with Gasteiger partial charge in [0, 0.05) is 11.1 Å². The molecule has 0 radical (unpaired) electrons. The van der Waals surface area contributed by atoms with Crippen molar-refractivity contribution in [3.63, 3.8) is 0 Å². The van der Waals surface area contributed by atoms with Gasteiger partial charge in [0.1, 0.15) is 11.6 Å². The van der Waals surface area contributed by atoms with Crippen molar-refractivity contribution in [3.05, 3.63) is 71.3 Å². The molecule has 0 aliphatic carbocycles. The van der Waals surface area contributed by atoms with Gasteiger partial charge in [-0.2, -0.15) is 0 Å². The zero-order valence-corrected chi connectivity index (χ0v) is 13.8. The molecule has 0 fully saturated rings. The first-order valence-corrected chi connectivity index (χ1v) is 7.48. The summed E-state index contributed by atoms with van der Waals surface area (Å²) in [6.07, 6.45) is 0. The summed E-state index contributed by atoms with van der Waals surface area (Å²) < 4.78 is 26.1. The van der Waals surface area contributed by atoms with Crippen molar-refractivity contribution in [3.8, 4) is 0 Å². The number of carbonyl (C=O) groups excluding carboxylic acids is 2. The Hall–Kier alpha value is -3.50. The van der Waals surface area contributed by atoms with Gasteiger partial charge in [-0.3, -0.25) is 9.59 Å². The number of aliphatic hydroxyl groups is 2. The Balaban J connectivity index is 2.69. The highest BCUT2D eigenvalue weighted by molar-refractivity contribution is 6.28. The van der Waals surface area contributed by atoms with E-state index in [-0.39, 0.29) is 0 Å². The molecule has 2 aromatic carbocycles. The van der Waals surface area contributed by atoms with Gasteiger partial charge in [0.05, 0.1) is 0 Å². The summed E-state index contributed by atoms with van der Waals surface area (Å²) in [5.74, 6) is -10.5. The number of rotatable bonds is 7. The van der Waals surface area contributed by atoms with Crippen LogP contribution in [0.25, 0.3) is 0 Å². The second-order valence-electron chi connectivity index (χ2n) is 5.70. The van der Waals surface area contributed by atoms with Crippen molar-refractivity contribution in [1.29, 1.82) is 0 Å². The molecule has 0 aliphatic heterocycles. The molecule has 4 N–H and O–H groups in total. The molecular weight excluding hydrogens is 382 g/mol. The normalized spacial score (nSPS) is 15.1. The van der Waals surface area contributed by atoms with Crippen LogP contribution >= 0.6 is 0 Å². The fourth-order valence-corrected chi connectivity index (χ4v) is 2.45. The monoisotopic (exact) mass is 394 g/mol. The number of hydrogen-bond donors (Lipinski definition) is 4. The number of ketones is 2. The van der Waals surface area contributed by atoms with Crippen LogP contribution in [0.5, 0.6) is 0 Å². The average molecular weight is 394 g/mol. The first-order chi connectivity index (χ1) is 13.0. The van der Waals surface area contributed by atoms with Gasteiger partial charge in [-0.05, 0) is 48.5 Å². The molecule has 0 saturated carbocycles. The zero-order chi connectivity index (χ0) is 21.3. The summed E-state index contributed by atoms with van der Waals surface area (Å²) in [4.78, 5) is 48.5. The van der Waals surface area contributed by atoms with Crippen LogP contribution in [0.2, 0.25) is 0 Å². The molecule has 0 amide bonds. The average Bonchev–Trinajstić information content (AvgIpc) is 2.66. The van der Waals surface area contributed by atoms with Gasteiger partial charge in [0.25, 0.3) is 11.2 Å². The minimum Gasteiger partial charge on any atom is -0.479 e. The summed E-state index contributed by atoms with van der Waals surface area (Å²) in [6, 6.07) is 5.81. The standard InChI is InChI=1S/C18H12F2O8/c19-11-5-1-9(2-6-11)13(21)17(27,15(23)24)18(28,16(25)26)14(22)10-3-7-12(20)8-4-10/h1-8,27-28H,(H,23,24)(H,25,26). The maximum Gasteiger partial charge on any atom is 0.348 e. The molecule has 2 aromatic rings. The van der Waals surface area contributed by atoms with E-state index >= 15 is 0 Å². The third-order valence-electron chi connectivity index (χ3n) is 4.01. The molecule has 0 heterocycles. The predicted molar refractivity (Wildman–Crippen MR) is 86.6 cm³/mol. The van der Waals surface area contributed by atoms with Crippen molar-refractivity contribution in [2.75, 3.05) is 0 Å². The summed E-state index contributed by atoms with van der Waals surface area (Å²) in [5, 5.41) is 39.7. The molecule has 0 saturated heterocycles. The molecule has 8 nitrogen and oxygen atoms in total. The molecule has 0 aliphatic rings. The summed E-state index contributed by atoms with van der Waals surface area (Å²) >= 11 is 0. The highest BCUT2D eigenvalue weighted by atomic mass is 19.1. The Morgan fingerprint density at radius 1 is 0.607 bits per heavy atom. The third-order valence-corrected chi connectivity index (χ3v) is 4.01. The van der Waals surface area contributed by atoms with Crippen LogP contribution in [0, 0.1) is 11.6 Å². The van der Waals surface area contributed by atoms with E-state index in [9.17, 15) is 48.4 Å². The highest BCUT2D eigenvalue weighted by Crippen LogP contribution is 2.32. The van der Waals surface area contributed by atoms with Crippen molar-refractivity contribution in [2.45, 2.75) is 11.2 Å². The summed E-state index contributed by atoms with van der Waals surface area (Å²) in [7, 11) is 0. The lowest BCUT2D eigenvalue weighted by Crippen LogP contribution is -2.71. The predicted octanol–water partition coefficient (Wildman–Crippen LogP) is 0.662. The quantitative estimate of drug-likeness (QED) is 0.395. The zero-order valence-electron chi connectivity index (χ0n) is 13.8. The SMILES string of the molecule is O=C(O)C(O)(C(=O)c1ccc(F)cc1)C(O)(C(=O)O)C(=O)c1ccc(F)cc1. The van der Waals surface area contributed by atoms with Crippen LogP contribution in [0.1, 0.15) is 20.7 Å². The largest absolute Gasteiger partial charge is 0.479 e. The van der Waals surface area contributed by atoms with E-state index in [1.165, 1.54) is 0 Å². The lowest BCUT2D eigenvalue weighted by molar-refractivity contribution is -0.187. The molecule has 2 rings (SSSR count). The number of carboxylic acid groups (broad SMARTS) is 2. The van der Waals surface area contributed by atoms with E-state index in [2.05, 4.69) is 0 Å². The van der Waals surface area contributed by atoms with Crippen LogP contribution in [0.15, 0.2) is 48.5 Å². The Kier molecular flexibility index (Phi) is 5.39. The Morgan fingerprint density at radius 3 is 1.07 bits per heavy atom. The third kappa shape index (κ3) is 3.15. The molecular formula is C18H12F2O8. The van der Waals surface area contributed by atoms with Gasteiger partial charge in [-0.1, -0.05) is 0 Å². The Bertz CT molecular complexity index is 875. The summed E-state index contributed by atoms with van der Waals surface area (Å²) in [6.45, 7) is 0. The molecule has 28 heavy (non-hydrogen) atoms. The number of carbonyl (C=O) groups is 4. The first-order valence-electron chi connectivity index (χ1n) is 7.48. The maximum atomic E-state index is 13.0. The molecule has 0 spiro atoms. The number of hydrogen-bond acceptors (Lipinski definition) is 6. The number of Topliss-reactive ketones (excluding diaryl/α,β-unsaturated/α-hetero) is 2. The van der Waals surface area contributed by atoms with Gasteiger partial charge in [-0.15, -0.1) is 0 Å². The van der Waals surface area contributed by atoms with E-state index in [1.807, 2.05) is 0 Å². The van der Waals surface area contributed by atoms with Gasteiger partial charge in [0.15, 0.2) is 0 Å². The molecule has 0 bridgehead atoms. The topological polar surface area (TPSA) is 149 Å². The lowest BCUT2D eigenvalue weighted by Gasteiger charge is -2.34. The Morgan fingerprint density at radius 2 is 0.857 bits per heavy atom. The van der Waals surface area contributed by atoms with E-state index in [0.717, 1.165) is 48.5 Å². The fraction of sp³-hybridized carbons (Fsp3) is 0.111. The van der Waals surface area contributed by atoms with Crippen LogP contribution in [-0.4, -0.2) is 55.1 Å². The number of benzene rings is 2. The van der Waals surface area contributed by atoms with Crippen LogP contribution in [0.3, 0.4) is 0 Å². The van der Waals surface area contributed by atoms with E-state index in [0.29, 0.717) is 0 Å². The van der Waals surface area contributed by atoms with E-state index < -0.39 is 57.5 Å². The van der Waals surface area contributed by atoms with Crippen molar-refractivity contribution >= 4 is 23.5 Å². The number of halogens is 2. The molecule has 0 aromatic heterocycles. The molecule has 146 valence electrons. The number of aliphatic carboxylic acids is 2. The minimum absolute atomic E-state index is 0.683. The van der Waals surface area contributed by atoms with Crippen molar-refractivity contribution in [2.24, 2.45) is 0 Å². The van der Waals surface area contributed by atoms with Gasteiger partial charge < -0.3 is 20.4 Å². The van der Waals surface area contributed by atoms with Crippen molar-refractivity contribution < 1.29 is 48.4 Å². The van der Waals surface area contributed by atoms with Gasteiger partial charge in [0.2, 0.25) is 11.6 Å². The molecule has 2 unspecified atom stereocenters. The smallest absolute Gasteiger partial charge is 0.348 e. The first kappa shape index (κ1) is 20.8. The van der Waals surface area contributed by atoms with Crippen molar-refractivity contribution in [1.82, 2.24) is 0 Å². The van der Waals surface area contributed by atoms with Gasteiger partial charge >= 0.3 is 11.9 Å². The molecule has 10 heteroatoms. The highest BCUT2D eigenvalue weighted by Gasteiger charge is 2.69. The molecule has 2 atom stereocenters. The maximum absolute atomic E-state index is 13.0. The minimum atomic E-state index is -4.18. The van der Waals surface area contributed by atoms with Crippen LogP contribution < -0.4 is 0 Å². The van der Waals surface area contributed by atoms with Gasteiger partial charge in [-0.25, -0.2) is 18.4 Å². The lowest BCUT2D eigenvalue weighted by atomic mass is 9.73.